The number of carbonyl (C=O) groups excluding carboxylic acids is 1. The first-order valence-corrected chi connectivity index (χ1v) is 8.36. The van der Waals surface area contributed by atoms with Gasteiger partial charge < -0.3 is 19.2 Å². The molecule has 0 fully saturated rings. The van der Waals surface area contributed by atoms with E-state index in [-0.39, 0.29) is 12.4 Å². The Labute approximate surface area is 147 Å². The molecule has 6 heteroatoms. The number of ether oxygens (including phenoxy) is 2. The maximum absolute atomic E-state index is 11.8. The zero-order valence-corrected chi connectivity index (χ0v) is 14.6. The number of esters is 1. The van der Waals surface area contributed by atoms with Crippen molar-refractivity contribution in [2.45, 2.75) is 33.3 Å². The molecule has 5 nitrogen and oxygen atoms in total. The first-order chi connectivity index (χ1) is 12.0. The minimum Gasteiger partial charge on any atom is -0.466 e. The van der Waals surface area contributed by atoms with Crippen molar-refractivity contribution in [3.63, 3.8) is 0 Å². The molecule has 1 aliphatic heterocycles. The van der Waals surface area contributed by atoms with Gasteiger partial charge in [0.25, 0.3) is 0 Å². The fourth-order valence-electron chi connectivity index (χ4n) is 3.13. The van der Waals surface area contributed by atoms with E-state index in [0.717, 1.165) is 22.4 Å². The molecule has 1 N–H and O–H groups in total. The van der Waals surface area contributed by atoms with E-state index in [1.165, 1.54) is 0 Å². The van der Waals surface area contributed by atoms with Crippen LogP contribution in [0.3, 0.4) is 0 Å². The molecule has 1 unspecified atom stereocenters. The minimum absolute atomic E-state index is 0.0802. The largest absolute Gasteiger partial charge is 0.492 e. The van der Waals surface area contributed by atoms with Crippen molar-refractivity contribution < 1.29 is 23.9 Å². The van der Waals surface area contributed by atoms with E-state index >= 15 is 0 Å². The van der Waals surface area contributed by atoms with Gasteiger partial charge in [-0.3, -0.25) is 4.79 Å². The first-order valence-electron chi connectivity index (χ1n) is 8.36. The topological polar surface area (TPSA) is 65.0 Å². The van der Waals surface area contributed by atoms with Gasteiger partial charge in [-0.15, -0.1) is 0 Å². The highest BCUT2D eigenvalue weighted by Crippen LogP contribution is 2.33. The second-order valence-electron chi connectivity index (χ2n) is 6.15. The van der Waals surface area contributed by atoms with E-state index in [0.29, 0.717) is 17.8 Å². The monoisotopic (exact) mass is 340 g/mol. The Morgan fingerprint density at radius 1 is 1.24 bits per heavy atom. The first kappa shape index (κ1) is 17.5. The van der Waals surface area contributed by atoms with E-state index in [4.69, 9.17) is 14.1 Å². The van der Waals surface area contributed by atoms with E-state index in [9.17, 15) is 9.82 Å². The van der Waals surface area contributed by atoms with Crippen molar-refractivity contribution in [3.8, 4) is 11.5 Å². The lowest BCUT2D eigenvalue weighted by Crippen LogP contribution is -2.28. The van der Waals surface area contributed by atoms with E-state index < -0.39 is 13.2 Å². The molecule has 25 heavy (non-hydrogen) atoms. The lowest BCUT2D eigenvalue weighted by molar-refractivity contribution is -0.145. The Bertz CT molecular complexity index is 789. The van der Waals surface area contributed by atoms with Gasteiger partial charge in [0, 0.05) is 0 Å². The van der Waals surface area contributed by atoms with Gasteiger partial charge in [0.2, 0.25) is 0 Å². The summed E-state index contributed by atoms with van der Waals surface area (Å²) in [6.07, 6.45) is -0.423. The third kappa shape index (κ3) is 3.86. The standard InChI is InChI=1S/C19H21BO5/c1-4-23-18(21)11-17-19-13(3)9-15(10-16(19)20(22)25-17)24-14-7-5-6-12(2)8-14/h5-10,17,22H,4,11H2,1-3H3. The summed E-state index contributed by atoms with van der Waals surface area (Å²) in [5, 5.41) is 10.2. The second kappa shape index (κ2) is 7.29. The van der Waals surface area contributed by atoms with Gasteiger partial charge >= 0.3 is 13.1 Å². The molecule has 0 radical (unpaired) electrons. The van der Waals surface area contributed by atoms with Crippen molar-refractivity contribution in [2.75, 3.05) is 6.61 Å². The van der Waals surface area contributed by atoms with Crippen LogP contribution in [0.2, 0.25) is 0 Å². The number of carbonyl (C=O) groups is 1. The Kier molecular flexibility index (Phi) is 5.11. The highest BCUT2D eigenvalue weighted by Gasteiger charge is 2.38. The minimum atomic E-state index is -1.07. The predicted octanol–water partition coefficient (Wildman–Crippen LogP) is 2.81. The summed E-state index contributed by atoms with van der Waals surface area (Å²) in [6.45, 7) is 6.00. The van der Waals surface area contributed by atoms with Crippen molar-refractivity contribution in [2.24, 2.45) is 0 Å². The average Bonchev–Trinajstić information content (AvgIpc) is 2.84. The van der Waals surface area contributed by atoms with Crippen LogP contribution in [-0.4, -0.2) is 24.7 Å². The fraction of sp³-hybridized carbons (Fsp3) is 0.316. The van der Waals surface area contributed by atoms with Gasteiger partial charge in [0.05, 0.1) is 19.1 Å². The van der Waals surface area contributed by atoms with Crippen molar-refractivity contribution in [3.05, 3.63) is 53.1 Å². The van der Waals surface area contributed by atoms with Gasteiger partial charge in [-0.1, -0.05) is 12.1 Å². The maximum atomic E-state index is 11.8. The quantitative estimate of drug-likeness (QED) is 0.670. The third-order valence-electron chi connectivity index (χ3n) is 4.16. The molecule has 2 aromatic carbocycles. The average molecular weight is 340 g/mol. The van der Waals surface area contributed by atoms with Crippen LogP contribution in [-0.2, 0) is 14.2 Å². The molecule has 1 atom stereocenters. The van der Waals surface area contributed by atoms with Crippen molar-refractivity contribution in [1.29, 1.82) is 0 Å². The zero-order valence-electron chi connectivity index (χ0n) is 14.6. The highest BCUT2D eigenvalue weighted by atomic mass is 16.5. The summed E-state index contributed by atoms with van der Waals surface area (Å²) < 4.78 is 16.4. The number of aryl methyl sites for hydroxylation is 2. The Morgan fingerprint density at radius 2 is 2.04 bits per heavy atom. The molecule has 0 spiro atoms. The molecule has 1 aliphatic rings. The molecule has 3 rings (SSSR count). The second-order valence-corrected chi connectivity index (χ2v) is 6.15. The van der Waals surface area contributed by atoms with E-state index in [1.54, 1.807) is 13.0 Å². The van der Waals surface area contributed by atoms with Crippen LogP contribution in [0.15, 0.2) is 36.4 Å². The molecule has 0 aromatic heterocycles. The Morgan fingerprint density at radius 3 is 2.76 bits per heavy atom. The lowest BCUT2D eigenvalue weighted by atomic mass is 9.77. The Balaban J connectivity index is 1.86. The van der Waals surface area contributed by atoms with Crippen molar-refractivity contribution >= 4 is 18.6 Å². The van der Waals surface area contributed by atoms with Gasteiger partial charge in [-0.25, -0.2) is 0 Å². The van der Waals surface area contributed by atoms with Gasteiger partial charge in [0.1, 0.15) is 11.5 Å². The van der Waals surface area contributed by atoms with E-state index in [1.807, 2.05) is 44.2 Å². The third-order valence-corrected chi connectivity index (χ3v) is 4.16. The highest BCUT2D eigenvalue weighted by molar-refractivity contribution is 6.62. The fourth-order valence-corrected chi connectivity index (χ4v) is 3.13. The Hall–Kier alpha value is -2.31. The summed E-state index contributed by atoms with van der Waals surface area (Å²) in [5.74, 6) is 1.02. The van der Waals surface area contributed by atoms with Crippen LogP contribution >= 0.6 is 0 Å². The van der Waals surface area contributed by atoms with Gasteiger partial charge in [-0.2, -0.15) is 0 Å². The summed E-state index contributed by atoms with van der Waals surface area (Å²) in [5.41, 5.74) is 3.48. The molecule has 0 saturated carbocycles. The lowest BCUT2D eigenvalue weighted by Gasteiger charge is -2.15. The number of benzene rings is 2. The molecular weight excluding hydrogens is 319 g/mol. The summed E-state index contributed by atoms with van der Waals surface area (Å²) in [4.78, 5) is 11.8. The van der Waals surface area contributed by atoms with Crippen LogP contribution in [0.25, 0.3) is 0 Å². The molecule has 0 saturated heterocycles. The summed E-state index contributed by atoms with van der Waals surface area (Å²) >= 11 is 0. The molecule has 1 heterocycles. The molecule has 130 valence electrons. The molecule has 0 amide bonds. The van der Waals surface area contributed by atoms with Crippen LogP contribution in [0.5, 0.6) is 11.5 Å². The smallest absolute Gasteiger partial charge is 0.466 e. The van der Waals surface area contributed by atoms with Crippen molar-refractivity contribution in [1.82, 2.24) is 0 Å². The number of rotatable bonds is 5. The predicted molar refractivity (Wildman–Crippen MR) is 95.1 cm³/mol. The normalized spacial score (nSPS) is 15.8. The van der Waals surface area contributed by atoms with Crippen LogP contribution in [0, 0.1) is 13.8 Å². The maximum Gasteiger partial charge on any atom is 0.492 e. The molecule has 0 aliphatic carbocycles. The zero-order chi connectivity index (χ0) is 18.0. The molecule has 0 bridgehead atoms. The van der Waals surface area contributed by atoms with Crippen LogP contribution in [0.1, 0.15) is 36.1 Å². The number of fused-ring (bicyclic) bond motifs is 1. The number of hydrogen-bond acceptors (Lipinski definition) is 5. The summed E-state index contributed by atoms with van der Waals surface area (Å²) in [7, 11) is -1.07. The summed E-state index contributed by atoms with van der Waals surface area (Å²) in [6, 6.07) is 11.4. The molecule has 2 aromatic rings. The van der Waals surface area contributed by atoms with Crippen LogP contribution in [0.4, 0.5) is 0 Å². The SMILES string of the molecule is CCOC(=O)CC1OB(O)c2cc(Oc3cccc(C)c3)cc(C)c21. The molecular formula is C19H21BO5. The number of hydrogen-bond donors (Lipinski definition) is 1. The van der Waals surface area contributed by atoms with Gasteiger partial charge in [-0.05, 0) is 67.2 Å². The van der Waals surface area contributed by atoms with Gasteiger partial charge in [0.15, 0.2) is 0 Å². The van der Waals surface area contributed by atoms with Crippen LogP contribution < -0.4 is 10.2 Å². The van der Waals surface area contributed by atoms with E-state index in [2.05, 4.69) is 0 Å².